The molecule has 8 nitrogen and oxygen atoms in total. The number of nitrogens with zero attached hydrogens (tertiary/aromatic N) is 5. The zero-order valence-corrected chi connectivity index (χ0v) is 16.9. The smallest absolute Gasteiger partial charge is 0.271 e. The van der Waals surface area contributed by atoms with Gasteiger partial charge in [-0.2, -0.15) is 9.90 Å². The van der Waals surface area contributed by atoms with Crippen molar-refractivity contribution in [3.8, 4) is 11.4 Å². The van der Waals surface area contributed by atoms with Gasteiger partial charge in [-0.3, -0.25) is 4.79 Å². The molecule has 1 amide bonds. The van der Waals surface area contributed by atoms with Crippen LogP contribution in [0.1, 0.15) is 28.4 Å². The number of carbonyl (C=O) groups excluding carboxylic acids is 1. The van der Waals surface area contributed by atoms with Gasteiger partial charge in [-0.05, 0) is 47.5 Å². The molecule has 0 aliphatic heterocycles. The lowest BCUT2D eigenvalue weighted by molar-refractivity contribution is 0.0955. The van der Waals surface area contributed by atoms with Crippen LogP contribution in [0.4, 0.5) is 5.69 Å². The Morgan fingerprint density at radius 1 is 1.00 bits per heavy atom. The third-order valence-electron chi connectivity index (χ3n) is 4.65. The molecule has 0 saturated carbocycles. The van der Waals surface area contributed by atoms with E-state index in [1.165, 1.54) is 4.80 Å². The van der Waals surface area contributed by atoms with E-state index in [-0.39, 0.29) is 5.91 Å². The van der Waals surface area contributed by atoms with E-state index in [9.17, 15) is 4.79 Å². The number of anilines is 1. The summed E-state index contributed by atoms with van der Waals surface area (Å²) in [6.45, 7) is 2.27. The summed E-state index contributed by atoms with van der Waals surface area (Å²) in [5.74, 6) is 0.282. The Bertz CT molecular complexity index is 1210. The van der Waals surface area contributed by atoms with Crippen molar-refractivity contribution in [1.82, 2.24) is 25.6 Å². The second-order valence-electron chi connectivity index (χ2n) is 6.97. The Hall–Kier alpha value is -4.33. The fourth-order valence-electron chi connectivity index (χ4n) is 2.97. The highest BCUT2D eigenvalue weighted by Crippen LogP contribution is 2.13. The predicted molar refractivity (Wildman–Crippen MR) is 119 cm³/mol. The number of tetrazole rings is 1. The SMILES string of the molecule is C/C(=N/NC(=O)c1ccc(Cn2nnc(-c3ccccc3)n2)cc1)c1cccc(N)c1. The molecule has 1 aromatic heterocycles. The number of amides is 1. The number of hydrazone groups is 1. The van der Waals surface area contributed by atoms with Crippen molar-refractivity contribution < 1.29 is 4.79 Å². The first kappa shape index (κ1) is 20.0. The maximum absolute atomic E-state index is 12.4. The molecule has 4 rings (SSSR count). The quantitative estimate of drug-likeness (QED) is 0.288. The number of rotatable bonds is 6. The number of hydrogen-bond acceptors (Lipinski definition) is 6. The van der Waals surface area contributed by atoms with Crippen LogP contribution in [-0.4, -0.2) is 31.8 Å². The van der Waals surface area contributed by atoms with Crippen molar-refractivity contribution >= 4 is 17.3 Å². The van der Waals surface area contributed by atoms with Crippen molar-refractivity contribution in [2.45, 2.75) is 13.5 Å². The Morgan fingerprint density at radius 2 is 1.77 bits per heavy atom. The molecular weight excluding hydrogens is 390 g/mol. The molecule has 1 heterocycles. The zero-order chi connectivity index (χ0) is 21.6. The van der Waals surface area contributed by atoms with Gasteiger partial charge in [0.2, 0.25) is 5.82 Å². The monoisotopic (exact) mass is 411 g/mol. The van der Waals surface area contributed by atoms with Crippen molar-refractivity contribution in [3.63, 3.8) is 0 Å². The summed E-state index contributed by atoms with van der Waals surface area (Å²) >= 11 is 0. The summed E-state index contributed by atoms with van der Waals surface area (Å²) in [5.41, 5.74) is 12.9. The summed E-state index contributed by atoms with van der Waals surface area (Å²) in [7, 11) is 0. The molecule has 0 spiro atoms. The first-order valence-corrected chi connectivity index (χ1v) is 9.71. The van der Waals surface area contributed by atoms with Crippen molar-refractivity contribution in [2.24, 2.45) is 5.10 Å². The van der Waals surface area contributed by atoms with Gasteiger partial charge in [-0.15, -0.1) is 10.2 Å². The van der Waals surface area contributed by atoms with E-state index in [1.54, 1.807) is 24.3 Å². The number of hydrogen-bond donors (Lipinski definition) is 2. The standard InChI is InChI=1S/C23H21N7O/c1-16(20-8-5-9-21(24)14-20)25-27-23(31)19-12-10-17(11-13-19)15-30-28-22(26-29-30)18-6-3-2-4-7-18/h2-14H,15,24H2,1H3,(H,27,31)/b25-16-. The lowest BCUT2D eigenvalue weighted by Gasteiger charge is -2.05. The van der Waals surface area contributed by atoms with Crippen LogP contribution in [0.3, 0.4) is 0 Å². The van der Waals surface area contributed by atoms with Crippen LogP contribution < -0.4 is 11.2 Å². The molecule has 0 aliphatic rings. The van der Waals surface area contributed by atoms with Gasteiger partial charge < -0.3 is 5.73 Å². The minimum Gasteiger partial charge on any atom is -0.399 e. The van der Waals surface area contributed by atoms with E-state index < -0.39 is 0 Å². The lowest BCUT2D eigenvalue weighted by Crippen LogP contribution is -2.19. The Kier molecular flexibility index (Phi) is 5.79. The largest absolute Gasteiger partial charge is 0.399 e. The van der Waals surface area contributed by atoms with Crippen LogP contribution in [0.5, 0.6) is 0 Å². The molecule has 0 radical (unpaired) electrons. The van der Waals surface area contributed by atoms with E-state index in [4.69, 9.17) is 5.73 Å². The summed E-state index contributed by atoms with van der Waals surface area (Å²) in [6.07, 6.45) is 0. The van der Waals surface area contributed by atoms with Crippen molar-refractivity contribution in [2.75, 3.05) is 5.73 Å². The molecule has 0 atom stereocenters. The summed E-state index contributed by atoms with van der Waals surface area (Å²) in [5, 5.41) is 16.8. The Balaban J connectivity index is 1.38. The number of aromatic nitrogens is 4. The van der Waals surface area contributed by atoms with E-state index in [2.05, 4.69) is 25.9 Å². The topological polar surface area (TPSA) is 111 Å². The van der Waals surface area contributed by atoms with Crippen molar-refractivity contribution in [1.29, 1.82) is 0 Å². The Labute approximate surface area is 179 Å². The molecule has 0 aliphatic carbocycles. The molecule has 0 bridgehead atoms. The lowest BCUT2D eigenvalue weighted by atomic mass is 10.1. The average molecular weight is 411 g/mol. The molecule has 0 fully saturated rings. The first-order chi connectivity index (χ1) is 15.1. The van der Waals surface area contributed by atoms with Gasteiger partial charge in [0, 0.05) is 16.8 Å². The minimum atomic E-state index is -0.292. The van der Waals surface area contributed by atoms with Gasteiger partial charge >= 0.3 is 0 Å². The number of nitrogen functional groups attached to an aromatic ring is 1. The fraction of sp³-hybridized carbons (Fsp3) is 0.0870. The van der Waals surface area contributed by atoms with Crippen LogP contribution in [0.15, 0.2) is 84.0 Å². The molecule has 0 saturated heterocycles. The van der Waals surface area contributed by atoms with E-state index in [1.807, 2.05) is 61.5 Å². The molecule has 3 N–H and O–H groups in total. The summed E-state index contributed by atoms with van der Waals surface area (Å²) < 4.78 is 0. The highest BCUT2D eigenvalue weighted by atomic mass is 16.2. The van der Waals surface area contributed by atoms with E-state index in [0.717, 1.165) is 16.7 Å². The van der Waals surface area contributed by atoms with Gasteiger partial charge in [0.15, 0.2) is 0 Å². The van der Waals surface area contributed by atoms with Crippen molar-refractivity contribution in [3.05, 3.63) is 95.6 Å². The summed E-state index contributed by atoms with van der Waals surface area (Å²) in [6, 6.07) is 24.2. The number of benzene rings is 3. The van der Waals surface area contributed by atoms with Gasteiger partial charge in [0.25, 0.3) is 5.91 Å². The third kappa shape index (κ3) is 4.99. The van der Waals surface area contributed by atoms with Crippen LogP contribution in [0.25, 0.3) is 11.4 Å². The van der Waals surface area contributed by atoms with Crippen LogP contribution in [-0.2, 0) is 6.54 Å². The Morgan fingerprint density at radius 3 is 2.52 bits per heavy atom. The van der Waals surface area contributed by atoms with Gasteiger partial charge in [0.05, 0.1) is 12.3 Å². The summed E-state index contributed by atoms with van der Waals surface area (Å²) in [4.78, 5) is 13.9. The average Bonchev–Trinajstić information content (AvgIpc) is 3.27. The molecule has 4 aromatic rings. The van der Waals surface area contributed by atoms with Crippen LogP contribution in [0, 0.1) is 0 Å². The van der Waals surface area contributed by atoms with Gasteiger partial charge in [-0.25, -0.2) is 5.43 Å². The predicted octanol–water partition coefficient (Wildman–Crippen LogP) is 3.12. The first-order valence-electron chi connectivity index (χ1n) is 9.71. The second kappa shape index (κ2) is 9.00. The minimum absolute atomic E-state index is 0.292. The zero-order valence-electron chi connectivity index (χ0n) is 16.9. The number of nitrogens with two attached hydrogens (primary N) is 1. The number of nitrogens with one attached hydrogen (secondary N) is 1. The molecule has 3 aromatic carbocycles. The molecule has 31 heavy (non-hydrogen) atoms. The second-order valence-corrected chi connectivity index (χ2v) is 6.97. The number of carbonyl (C=O) groups is 1. The fourth-order valence-corrected chi connectivity index (χ4v) is 2.97. The normalized spacial score (nSPS) is 11.3. The highest BCUT2D eigenvalue weighted by molar-refractivity contribution is 6.01. The highest BCUT2D eigenvalue weighted by Gasteiger charge is 2.08. The molecule has 154 valence electrons. The third-order valence-corrected chi connectivity index (χ3v) is 4.65. The van der Waals surface area contributed by atoms with E-state index >= 15 is 0 Å². The van der Waals surface area contributed by atoms with Crippen LogP contribution >= 0.6 is 0 Å². The van der Waals surface area contributed by atoms with E-state index in [0.29, 0.717) is 29.3 Å². The van der Waals surface area contributed by atoms with Gasteiger partial charge in [0.1, 0.15) is 0 Å². The molecular formula is C23H21N7O. The maximum atomic E-state index is 12.4. The maximum Gasteiger partial charge on any atom is 0.271 e. The van der Waals surface area contributed by atoms with Gasteiger partial charge in [-0.1, -0.05) is 54.6 Å². The molecule has 0 unspecified atom stereocenters. The molecule has 8 heteroatoms. The van der Waals surface area contributed by atoms with Crippen LogP contribution in [0.2, 0.25) is 0 Å².